The molecule has 0 radical (unpaired) electrons. The Labute approximate surface area is 107 Å². The molecule has 0 saturated heterocycles. The smallest absolute Gasteiger partial charge is 0.247 e. The summed E-state index contributed by atoms with van der Waals surface area (Å²) in [6, 6.07) is 0. The summed E-state index contributed by atoms with van der Waals surface area (Å²) < 4.78 is 28.2. The topological polar surface area (TPSA) is 72.4 Å². The van der Waals surface area contributed by atoms with Crippen LogP contribution < -0.4 is 0 Å². The Kier molecular flexibility index (Phi) is 3.94. The van der Waals surface area contributed by atoms with Gasteiger partial charge in [0, 0.05) is 32.1 Å². The van der Waals surface area contributed by atoms with Gasteiger partial charge in [-0.1, -0.05) is 0 Å². The largest absolute Gasteiger partial charge is 0.366 e. The Morgan fingerprint density at radius 1 is 1.50 bits per heavy atom. The molecule has 0 fully saturated rings. The van der Waals surface area contributed by atoms with Crippen molar-refractivity contribution in [2.45, 2.75) is 25.0 Å². The Morgan fingerprint density at radius 2 is 2.28 bits per heavy atom. The van der Waals surface area contributed by atoms with E-state index in [1.165, 1.54) is 0 Å². The zero-order chi connectivity index (χ0) is 13.2. The van der Waals surface area contributed by atoms with Crippen LogP contribution in [0.3, 0.4) is 0 Å². The minimum Gasteiger partial charge on any atom is -0.366 e. The Balaban J connectivity index is 2.19. The van der Waals surface area contributed by atoms with E-state index < -0.39 is 9.84 Å². The zero-order valence-corrected chi connectivity index (χ0v) is 11.4. The fraction of sp³-hybridized carbons (Fsp3) is 0.636. The van der Waals surface area contributed by atoms with Gasteiger partial charge in [0.1, 0.15) is 0 Å². The Hall–Kier alpha value is -1.05. The number of fused-ring (bicyclic) bond motifs is 1. The summed E-state index contributed by atoms with van der Waals surface area (Å²) in [4.78, 5) is 10.2. The lowest BCUT2D eigenvalue weighted by Crippen LogP contribution is -2.33. The van der Waals surface area contributed by atoms with Gasteiger partial charge in [-0.05, 0) is 18.9 Å². The second-order valence-corrected chi connectivity index (χ2v) is 6.23. The molecule has 0 N–H and O–H groups in total. The maximum Gasteiger partial charge on any atom is 0.247 e. The van der Waals surface area contributed by atoms with Crippen molar-refractivity contribution in [1.82, 2.24) is 14.9 Å². The number of hydrogen-bond acceptors (Lipinski definition) is 6. The van der Waals surface area contributed by atoms with Crippen molar-refractivity contribution in [3.63, 3.8) is 0 Å². The monoisotopic (exact) mass is 271 g/mol. The molecular formula is C11H17N3O3S. The quantitative estimate of drug-likeness (QED) is 0.730. The van der Waals surface area contributed by atoms with Crippen molar-refractivity contribution < 1.29 is 13.2 Å². The van der Waals surface area contributed by atoms with Gasteiger partial charge in [0.25, 0.3) is 0 Å². The number of hydrogen-bond donors (Lipinski definition) is 0. The predicted octanol–water partition coefficient (Wildman–Crippen LogP) is 0.232. The molecular weight excluding hydrogens is 254 g/mol. The number of aromatic nitrogens is 2. The molecule has 0 unspecified atom stereocenters. The Bertz CT molecular complexity index is 530. The van der Waals surface area contributed by atoms with Gasteiger partial charge < -0.3 is 4.74 Å². The van der Waals surface area contributed by atoms with Gasteiger partial charge in [0.2, 0.25) is 15.0 Å². The summed E-state index contributed by atoms with van der Waals surface area (Å²) in [5.74, 6) is 0. The van der Waals surface area contributed by atoms with Crippen LogP contribution in [-0.4, -0.2) is 49.4 Å². The Morgan fingerprint density at radius 3 is 2.94 bits per heavy atom. The van der Waals surface area contributed by atoms with Crippen LogP contribution in [0.5, 0.6) is 0 Å². The molecule has 0 bridgehead atoms. The lowest BCUT2D eigenvalue weighted by atomic mass is 10.1. The standard InChI is InChI=1S/C11H17N3O3S/c1-3-17-8-14-5-4-9-6-12-11(18(2,15)16)13-10(9)7-14/h6H,3-5,7-8H2,1-2H3. The van der Waals surface area contributed by atoms with E-state index in [4.69, 9.17) is 4.74 Å². The molecule has 1 aromatic rings. The number of nitrogens with zero attached hydrogens (tertiary/aromatic N) is 3. The molecule has 0 atom stereocenters. The van der Waals surface area contributed by atoms with Crippen molar-refractivity contribution in [2.24, 2.45) is 0 Å². The first kappa shape index (κ1) is 13.4. The molecule has 0 aliphatic carbocycles. The van der Waals surface area contributed by atoms with Crippen LogP contribution in [0.2, 0.25) is 0 Å². The van der Waals surface area contributed by atoms with E-state index in [0.717, 1.165) is 30.5 Å². The van der Waals surface area contributed by atoms with Crippen LogP contribution in [0.15, 0.2) is 11.4 Å². The van der Waals surface area contributed by atoms with Crippen LogP contribution >= 0.6 is 0 Å². The molecule has 1 aromatic heterocycles. The molecule has 1 aliphatic heterocycles. The van der Waals surface area contributed by atoms with Crippen LogP contribution in [-0.2, 0) is 27.5 Å². The molecule has 2 heterocycles. The van der Waals surface area contributed by atoms with Gasteiger partial charge in [-0.2, -0.15) is 0 Å². The molecule has 0 amide bonds. The molecule has 0 spiro atoms. The summed E-state index contributed by atoms with van der Waals surface area (Å²) in [6.45, 7) is 4.66. The van der Waals surface area contributed by atoms with Crippen LogP contribution in [0, 0.1) is 0 Å². The number of rotatable bonds is 4. The van der Waals surface area contributed by atoms with E-state index in [2.05, 4.69) is 14.9 Å². The van der Waals surface area contributed by atoms with E-state index in [9.17, 15) is 8.42 Å². The summed E-state index contributed by atoms with van der Waals surface area (Å²) in [5.41, 5.74) is 1.81. The SMILES string of the molecule is CCOCN1CCc2cnc(S(C)(=O)=O)nc2C1. The van der Waals surface area contributed by atoms with E-state index in [1.54, 1.807) is 6.20 Å². The van der Waals surface area contributed by atoms with E-state index >= 15 is 0 Å². The van der Waals surface area contributed by atoms with Crippen molar-refractivity contribution in [2.75, 3.05) is 26.1 Å². The lowest BCUT2D eigenvalue weighted by molar-refractivity contribution is 0.0268. The number of ether oxygens (including phenoxy) is 1. The maximum absolute atomic E-state index is 11.4. The highest BCUT2D eigenvalue weighted by Gasteiger charge is 2.20. The highest BCUT2D eigenvalue weighted by Crippen LogP contribution is 2.17. The van der Waals surface area contributed by atoms with E-state index in [0.29, 0.717) is 19.9 Å². The van der Waals surface area contributed by atoms with Gasteiger partial charge in [-0.15, -0.1) is 0 Å². The fourth-order valence-corrected chi connectivity index (χ4v) is 2.37. The van der Waals surface area contributed by atoms with Crippen LogP contribution in [0.25, 0.3) is 0 Å². The minimum atomic E-state index is -3.34. The molecule has 7 heteroatoms. The first-order valence-electron chi connectivity index (χ1n) is 5.85. The highest BCUT2D eigenvalue weighted by molar-refractivity contribution is 7.90. The average molecular weight is 271 g/mol. The number of sulfone groups is 1. The van der Waals surface area contributed by atoms with Crippen molar-refractivity contribution in [1.29, 1.82) is 0 Å². The van der Waals surface area contributed by atoms with Crippen molar-refractivity contribution in [3.05, 3.63) is 17.5 Å². The maximum atomic E-state index is 11.4. The second kappa shape index (κ2) is 5.29. The fourth-order valence-electron chi connectivity index (χ4n) is 1.85. The van der Waals surface area contributed by atoms with Gasteiger partial charge in [-0.3, -0.25) is 4.90 Å². The molecule has 6 nitrogen and oxygen atoms in total. The van der Waals surface area contributed by atoms with Gasteiger partial charge in [0.05, 0.1) is 12.4 Å². The van der Waals surface area contributed by atoms with Crippen LogP contribution in [0.4, 0.5) is 0 Å². The molecule has 2 rings (SSSR count). The summed E-state index contributed by atoms with van der Waals surface area (Å²) in [7, 11) is -3.34. The summed E-state index contributed by atoms with van der Waals surface area (Å²) >= 11 is 0. The average Bonchev–Trinajstić information content (AvgIpc) is 2.34. The third kappa shape index (κ3) is 3.04. The molecule has 18 heavy (non-hydrogen) atoms. The molecule has 0 aromatic carbocycles. The van der Waals surface area contributed by atoms with Gasteiger partial charge in [-0.25, -0.2) is 18.4 Å². The van der Waals surface area contributed by atoms with Crippen LogP contribution in [0.1, 0.15) is 18.2 Å². The van der Waals surface area contributed by atoms with E-state index in [1.807, 2.05) is 6.92 Å². The summed E-state index contributed by atoms with van der Waals surface area (Å²) in [6.07, 6.45) is 3.57. The minimum absolute atomic E-state index is 0.0977. The first-order chi connectivity index (χ1) is 8.50. The first-order valence-corrected chi connectivity index (χ1v) is 7.75. The lowest BCUT2D eigenvalue weighted by Gasteiger charge is -2.27. The normalized spacial score (nSPS) is 16.6. The third-order valence-electron chi connectivity index (χ3n) is 2.81. The van der Waals surface area contributed by atoms with Crippen molar-refractivity contribution >= 4 is 9.84 Å². The second-order valence-electron chi connectivity index (χ2n) is 4.32. The third-order valence-corrected chi connectivity index (χ3v) is 3.67. The van der Waals surface area contributed by atoms with E-state index in [-0.39, 0.29) is 5.16 Å². The zero-order valence-electron chi connectivity index (χ0n) is 10.6. The molecule has 0 saturated carbocycles. The molecule has 1 aliphatic rings. The summed E-state index contributed by atoms with van der Waals surface area (Å²) in [5, 5.41) is -0.0977. The molecule has 100 valence electrons. The van der Waals surface area contributed by atoms with Crippen molar-refractivity contribution in [3.8, 4) is 0 Å². The predicted molar refractivity (Wildman–Crippen MR) is 65.7 cm³/mol. The highest BCUT2D eigenvalue weighted by atomic mass is 32.2. The van der Waals surface area contributed by atoms with Gasteiger partial charge in [0.15, 0.2) is 0 Å². The van der Waals surface area contributed by atoms with Gasteiger partial charge >= 0.3 is 0 Å².